The predicted molar refractivity (Wildman–Crippen MR) is 105 cm³/mol. The Morgan fingerprint density at radius 1 is 1.17 bits per heavy atom. The quantitative estimate of drug-likeness (QED) is 0.382. The smallest absolute Gasteiger partial charge is 0.280 e. The van der Waals surface area contributed by atoms with Crippen molar-refractivity contribution in [3.05, 3.63) is 62.1 Å². The van der Waals surface area contributed by atoms with Crippen molar-refractivity contribution in [2.75, 3.05) is 14.2 Å². The lowest BCUT2D eigenvalue weighted by Gasteiger charge is -2.04. The summed E-state index contributed by atoms with van der Waals surface area (Å²) in [7, 11) is 2.92. The minimum atomic E-state index is -0.503. The molecule has 2 heterocycles. The van der Waals surface area contributed by atoms with Crippen LogP contribution in [-0.4, -0.2) is 44.6 Å². The van der Waals surface area contributed by atoms with Crippen LogP contribution in [0.1, 0.15) is 18.2 Å². The van der Waals surface area contributed by atoms with Crippen molar-refractivity contribution < 1.29 is 14.4 Å². The number of hydrogen-bond acceptors (Lipinski definition) is 8. The number of H-pyrrole nitrogens is 1. The number of aryl methyl sites for hydroxylation is 1. The number of benzene rings is 1. The normalized spacial score (nSPS) is 11.4. The van der Waals surface area contributed by atoms with Crippen molar-refractivity contribution in [1.29, 1.82) is 0 Å². The van der Waals surface area contributed by atoms with Gasteiger partial charge in [-0.2, -0.15) is 9.97 Å². The minimum Gasteiger partial charge on any atom is -0.481 e. The number of aromatic nitrogens is 4. The lowest BCUT2D eigenvalue weighted by Crippen LogP contribution is -2.19. The van der Waals surface area contributed by atoms with Crippen molar-refractivity contribution in [1.82, 2.24) is 19.7 Å². The number of ether oxygens (including phenoxy) is 2. The second kappa shape index (κ2) is 7.92. The SMILES string of the molecule is COc1cc(OC)nc(/N=C(\C)c2c(C)[nH]n(-c3ccc([N+](=O)[O-])cc3)c2=O)n1. The number of rotatable bonds is 6. The fourth-order valence-electron chi connectivity index (χ4n) is 2.74. The average molecular weight is 398 g/mol. The summed E-state index contributed by atoms with van der Waals surface area (Å²) >= 11 is 0. The molecule has 0 aliphatic carbocycles. The third-order valence-electron chi connectivity index (χ3n) is 4.11. The van der Waals surface area contributed by atoms with Crippen LogP contribution in [0, 0.1) is 17.0 Å². The fourth-order valence-corrected chi connectivity index (χ4v) is 2.74. The van der Waals surface area contributed by atoms with Gasteiger partial charge in [-0.25, -0.2) is 9.67 Å². The first kappa shape index (κ1) is 19.7. The van der Waals surface area contributed by atoms with E-state index in [1.54, 1.807) is 13.8 Å². The number of non-ortho nitro benzene ring substituents is 1. The Morgan fingerprint density at radius 3 is 2.28 bits per heavy atom. The number of nitro benzene ring substituents is 1. The van der Waals surface area contributed by atoms with Gasteiger partial charge >= 0.3 is 0 Å². The van der Waals surface area contributed by atoms with Crippen molar-refractivity contribution in [2.45, 2.75) is 13.8 Å². The van der Waals surface area contributed by atoms with E-state index in [-0.39, 0.29) is 29.0 Å². The molecule has 2 aromatic heterocycles. The summed E-state index contributed by atoms with van der Waals surface area (Å²) in [6.07, 6.45) is 0. The van der Waals surface area contributed by atoms with Crippen molar-refractivity contribution in [2.24, 2.45) is 4.99 Å². The van der Waals surface area contributed by atoms with Gasteiger partial charge in [0.15, 0.2) is 0 Å². The van der Waals surface area contributed by atoms with E-state index < -0.39 is 4.92 Å². The Balaban J connectivity index is 2.03. The number of methoxy groups -OCH3 is 2. The fraction of sp³-hybridized carbons (Fsp3) is 0.222. The van der Waals surface area contributed by atoms with E-state index in [1.807, 2.05) is 0 Å². The Morgan fingerprint density at radius 2 is 1.76 bits per heavy atom. The molecule has 3 rings (SSSR count). The van der Waals surface area contributed by atoms with Crippen molar-refractivity contribution >= 4 is 17.3 Å². The lowest BCUT2D eigenvalue weighted by molar-refractivity contribution is -0.384. The van der Waals surface area contributed by atoms with Gasteiger partial charge in [0.2, 0.25) is 11.8 Å². The summed E-state index contributed by atoms with van der Waals surface area (Å²) in [5.41, 5.74) is 1.35. The maximum Gasteiger partial charge on any atom is 0.280 e. The zero-order valence-electron chi connectivity index (χ0n) is 16.2. The van der Waals surface area contributed by atoms with Crippen molar-refractivity contribution in [3.8, 4) is 17.4 Å². The number of nitro groups is 1. The van der Waals surface area contributed by atoms with Crippen LogP contribution < -0.4 is 15.0 Å². The monoisotopic (exact) mass is 398 g/mol. The highest BCUT2D eigenvalue weighted by molar-refractivity contribution is 6.00. The Kier molecular flexibility index (Phi) is 5.39. The molecule has 29 heavy (non-hydrogen) atoms. The molecule has 3 aromatic rings. The van der Waals surface area contributed by atoms with Gasteiger partial charge < -0.3 is 9.47 Å². The third kappa shape index (κ3) is 3.98. The minimum absolute atomic E-state index is 0.0628. The largest absolute Gasteiger partial charge is 0.481 e. The molecule has 0 unspecified atom stereocenters. The number of aromatic amines is 1. The van der Waals surface area contributed by atoms with Crippen LogP contribution in [0.15, 0.2) is 40.1 Å². The van der Waals surface area contributed by atoms with Gasteiger partial charge in [0.25, 0.3) is 17.2 Å². The second-order valence-electron chi connectivity index (χ2n) is 5.98. The molecule has 0 saturated carbocycles. The van der Waals surface area contributed by atoms with Gasteiger partial charge in [0.1, 0.15) is 0 Å². The van der Waals surface area contributed by atoms with Crippen LogP contribution in [0.3, 0.4) is 0 Å². The highest BCUT2D eigenvalue weighted by Crippen LogP contribution is 2.20. The Labute approximate surface area is 164 Å². The molecule has 0 aliphatic rings. The highest BCUT2D eigenvalue weighted by atomic mass is 16.6. The van der Waals surface area contributed by atoms with Crippen molar-refractivity contribution in [3.63, 3.8) is 0 Å². The van der Waals surface area contributed by atoms with Crippen LogP contribution in [0.2, 0.25) is 0 Å². The number of nitrogens with one attached hydrogen (secondary N) is 1. The molecule has 150 valence electrons. The van der Waals surface area contributed by atoms with E-state index in [9.17, 15) is 14.9 Å². The Bertz CT molecular complexity index is 1120. The number of hydrogen-bond donors (Lipinski definition) is 1. The van der Waals surface area contributed by atoms with E-state index >= 15 is 0 Å². The summed E-state index contributed by atoms with van der Waals surface area (Å²) < 4.78 is 11.5. The van der Waals surface area contributed by atoms with E-state index in [0.717, 1.165) is 0 Å². The molecular formula is C18H18N6O5. The van der Waals surface area contributed by atoms with Gasteiger partial charge in [-0.05, 0) is 26.0 Å². The van der Waals surface area contributed by atoms with Crippen LogP contribution in [0.25, 0.3) is 5.69 Å². The standard InChI is InChI=1S/C18H18N6O5/c1-10(19-18-20-14(28-3)9-15(21-18)29-4)16-11(2)22-23(17(16)25)12-5-7-13(8-6-12)24(26)27/h5-9,22H,1-4H3/b19-10+. The van der Waals surface area contributed by atoms with Crippen LogP contribution in [-0.2, 0) is 0 Å². The molecule has 0 atom stereocenters. The number of nitrogens with zero attached hydrogens (tertiary/aromatic N) is 5. The maximum atomic E-state index is 12.9. The molecule has 0 saturated heterocycles. The van der Waals surface area contributed by atoms with Crippen LogP contribution in [0.4, 0.5) is 11.6 Å². The van der Waals surface area contributed by atoms with Gasteiger partial charge in [-0.1, -0.05) is 0 Å². The van der Waals surface area contributed by atoms with E-state index in [4.69, 9.17) is 9.47 Å². The zero-order chi connectivity index (χ0) is 21.1. The molecule has 0 radical (unpaired) electrons. The Hall–Kier alpha value is -4.02. The zero-order valence-corrected chi connectivity index (χ0v) is 16.2. The summed E-state index contributed by atoms with van der Waals surface area (Å²) in [5.74, 6) is 0.635. The molecular weight excluding hydrogens is 380 g/mol. The maximum absolute atomic E-state index is 12.9. The predicted octanol–water partition coefficient (Wildman–Crippen LogP) is 2.33. The molecule has 11 heteroatoms. The molecule has 0 aliphatic heterocycles. The number of aliphatic imine (C=N–C) groups is 1. The summed E-state index contributed by atoms with van der Waals surface area (Å²) in [6.45, 7) is 3.39. The molecule has 0 spiro atoms. The van der Waals surface area contributed by atoms with Gasteiger partial charge in [0.05, 0.1) is 42.2 Å². The first-order valence-corrected chi connectivity index (χ1v) is 8.43. The topological polar surface area (TPSA) is 138 Å². The second-order valence-corrected chi connectivity index (χ2v) is 5.98. The van der Waals surface area contributed by atoms with E-state index in [2.05, 4.69) is 20.1 Å². The molecule has 0 bridgehead atoms. The third-order valence-corrected chi connectivity index (χ3v) is 4.11. The summed E-state index contributed by atoms with van der Waals surface area (Å²) in [4.78, 5) is 35.8. The van der Waals surface area contributed by atoms with E-state index in [0.29, 0.717) is 22.7 Å². The molecule has 0 fully saturated rings. The van der Waals surface area contributed by atoms with Crippen LogP contribution >= 0.6 is 0 Å². The van der Waals surface area contributed by atoms with Gasteiger partial charge in [-0.15, -0.1) is 0 Å². The summed E-state index contributed by atoms with van der Waals surface area (Å²) in [6, 6.07) is 7.14. The molecule has 11 nitrogen and oxygen atoms in total. The van der Waals surface area contributed by atoms with Crippen LogP contribution in [0.5, 0.6) is 11.8 Å². The van der Waals surface area contributed by atoms with E-state index in [1.165, 1.54) is 49.2 Å². The lowest BCUT2D eigenvalue weighted by atomic mass is 10.2. The highest BCUT2D eigenvalue weighted by Gasteiger charge is 2.17. The average Bonchev–Trinajstić information content (AvgIpc) is 3.01. The molecule has 1 N–H and O–H groups in total. The van der Waals surface area contributed by atoms with Gasteiger partial charge in [0, 0.05) is 17.8 Å². The first-order chi connectivity index (χ1) is 13.8. The summed E-state index contributed by atoms with van der Waals surface area (Å²) in [5, 5.41) is 13.8. The first-order valence-electron chi connectivity index (χ1n) is 8.43. The molecule has 0 amide bonds. The molecule has 1 aromatic carbocycles. The van der Waals surface area contributed by atoms with Gasteiger partial charge in [-0.3, -0.25) is 20.0 Å².